The second kappa shape index (κ2) is 19.2. The highest BCUT2D eigenvalue weighted by molar-refractivity contribution is 5.83. The van der Waals surface area contributed by atoms with E-state index in [9.17, 15) is 19.2 Å². The smallest absolute Gasteiger partial charge is 0.323 e. The lowest BCUT2D eigenvalue weighted by Crippen LogP contribution is -2.50. The van der Waals surface area contributed by atoms with E-state index >= 15 is 0 Å². The Balaban J connectivity index is 1.92. The van der Waals surface area contributed by atoms with E-state index in [1.807, 2.05) is 0 Å². The highest BCUT2D eigenvalue weighted by atomic mass is 16.5. The van der Waals surface area contributed by atoms with Crippen LogP contribution in [0.2, 0.25) is 0 Å². The molecule has 0 aromatic heterocycles. The molecule has 0 amide bonds. The molecule has 0 radical (unpaired) electrons. The van der Waals surface area contributed by atoms with Gasteiger partial charge in [-0.3, -0.25) is 19.2 Å². The summed E-state index contributed by atoms with van der Waals surface area (Å²) in [5, 5.41) is 6.90. The second-order valence-electron chi connectivity index (χ2n) is 11.9. The molecule has 0 saturated heterocycles. The first-order valence-corrected chi connectivity index (χ1v) is 16.3. The standard InChI is InChI=1S/C32H56N2O8/c1-7-24-18-23(13-15-26(24)34-28(32(38)42-11-5)20-30(36)40-9-3)17-22-12-14-25(21(6)16-22)33-27(31(37)41-10-4)19-29(35)39-8-2/h21-28,33-34H,7-20H2,1-6H3. The van der Waals surface area contributed by atoms with Gasteiger partial charge in [-0.15, -0.1) is 0 Å². The largest absolute Gasteiger partial charge is 0.466 e. The van der Waals surface area contributed by atoms with E-state index in [0.29, 0.717) is 23.7 Å². The number of esters is 4. The van der Waals surface area contributed by atoms with Crippen molar-refractivity contribution in [3.8, 4) is 0 Å². The second-order valence-corrected chi connectivity index (χ2v) is 11.9. The van der Waals surface area contributed by atoms with Crippen LogP contribution in [-0.2, 0) is 38.1 Å². The van der Waals surface area contributed by atoms with E-state index in [4.69, 9.17) is 18.9 Å². The highest BCUT2D eigenvalue weighted by Crippen LogP contribution is 2.40. The molecule has 0 bridgehead atoms. The van der Waals surface area contributed by atoms with Gasteiger partial charge in [-0.05, 0) is 96.3 Å². The summed E-state index contributed by atoms with van der Waals surface area (Å²) in [6.07, 6.45) is 8.39. The molecule has 8 atom stereocenters. The van der Waals surface area contributed by atoms with E-state index in [2.05, 4.69) is 24.5 Å². The molecule has 10 heteroatoms. The predicted octanol–water partition coefficient (Wildman–Crippen LogP) is 4.33. The van der Waals surface area contributed by atoms with Gasteiger partial charge in [0.05, 0.1) is 39.3 Å². The van der Waals surface area contributed by atoms with Crippen LogP contribution in [0.4, 0.5) is 0 Å². The van der Waals surface area contributed by atoms with Gasteiger partial charge in [0.15, 0.2) is 0 Å². The highest BCUT2D eigenvalue weighted by Gasteiger charge is 2.37. The number of carbonyl (C=O) groups excluding carboxylic acids is 4. The van der Waals surface area contributed by atoms with Gasteiger partial charge in [-0.1, -0.05) is 20.3 Å². The average Bonchev–Trinajstić information content (AvgIpc) is 2.94. The SMILES string of the molecule is CCOC(=O)CC(NC1CCC(CC2CCC(NC(CC(=O)OCC)C(=O)OCC)C(CC)C2)CC1C)C(=O)OCC. The fourth-order valence-corrected chi connectivity index (χ4v) is 6.88. The van der Waals surface area contributed by atoms with Crippen LogP contribution >= 0.6 is 0 Å². The van der Waals surface area contributed by atoms with E-state index in [1.54, 1.807) is 27.7 Å². The molecule has 2 fully saturated rings. The van der Waals surface area contributed by atoms with Gasteiger partial charge in [0.1, 0.15) is 12.1 Å². The van der Waals surface area contributed by atoms with Crippen LogP contribution in [0.25, 0.3) is 0 Å². The quantitative estimate of drug-likeness (QED) is 0.185. The molecular weight excluding hydrogens is 540 g/mol. The first kappa shape index (κ1) is 36.0. The third kappa shape index (κ3) is 11.8. The van der Waals surface area contributed by atoms with Crippen molar-refractivity contribution in [2.24, 2.45) is 23.7 Å². The van der Waals surface area contributed by atoms with Crippen molar-refractivity contribution < 1.29 is 38.1 Å². The summed E-state index contributed by atoms with van der Waals surface area (Å²) in [7, 11) is 0. The lowest BCUT2D eigenvalue weighted by molar-refractivity contribution is -0.152. The first-order valence-electron chi connectivity index (χ1n) is 16.3. The number of hydrogen-bond donors (Lipinski definition) is 2. The first-order chi connectivity index (χ1) is 20.1. The molecule has 10 nitrogen and oxygen atoms in total. The Morgan fingerprint density at radius 2 is 1.10 bits per heavy atom. The number of rotatable bonds is 17. The minimum Gasteiger partial charge on any atom is -0.466 e. The molecule has 8 unspecified atom stereocenters. The third-order valence-corrected chi connectivity index (χ3v) is 8.88. The maximum absolute atomic E-state index is 12.6. The summed E-state index contributed by atoms with van der Waals surface area (Å²) in [5.74, 6) is 0.456. The van der Waals surface area contributed by atoms with Crippen LogP contribution in [-0.4, -0.2) is 74.5 Å². The molecule has 2 aliphatic rings. The van der Waals surface area contributed by atoms with Gasteiger partial charge in [0, 0.05) is 12.1 Å². The Bertz CT molecular complexity index is 852. The normalized spacial score (nSPS) is 27.4. The summed E-state index contributed by atoms with van der Waals surface area (Å²) < 4.78 is 20.7. The van der Waals surface area contributed by atoms with Crippen molar-refractivity contribution in [3.05, 3.63) is 0 Å². The number of ether oxygens (including phenoxy) is 4. The Kier molecular flexibility index (Phi) is 16.4. The van der Waals surface area contributed by atoms with E-state index in [1.165, 1.54) is 6.42 Å². The van der Waals surface area contributed by atoms with E-state index < -0.39 is 36.0 Å². The molecule has 2 aliphatic carbocycles. The van der Waals surface area contributed by atoms with Crippen LogP contribution in [0.1, 0.15) is 106 Å². The van der Waals surface area contributed by atoms with Crippen LogP contribution in [0.3, 0.4) is 0 Å². The van der Waals surface area contributed by atoms with E-state index in [-0.39, 0.29) is 51.4 Å². The van der Waals surface area contributed by atoms with Crippen molar-refractivity contribution in [2.75, 3.05) is 26.4 Å². The number of carbonyl (C=O) groups is 4. The minimum absolute atomic E-state index is 0.0188. The van der Waals surface area contributed by atoms with Crippen LogP contribution < -0.4 is 10.6 Å². The summed E-state index contributed by atoms with van der Waals surface area (Å²) in [4.78, 5) is 49.4. The molecule has 242 valence electrons. The minimum atomic E-state index is -0.691. The van der Waals surface area contributed by atoms with Crippen LogP contribution in [0.5, 0.6) is 0 Å². The monoisotopic (exact) mass is 596 g/mol. The molecule has 2 N–H and O–H groups in total. The van der Waals surface area contributed by atoms with Gasteiger partial charge < -0.3 is 29.6 Å². The van der Waals surface area contributed by atoms with Crippen LogP contribution in [0.15, 0.2) is 0 Å². The number of hydrogen-bond acceptors (Lipinski definition) is 10. The number of nitrogens with one attached hydrogen (secondary N) is 2. The maximum atomic E-state index is 12.6. The molecule has 0 aliphatic heterocycles. The van der Waals surface area contributed by atoms with Gasteiger partial charge in [-0.25, -0.2) is 0 Å². The van der Waals surface area contributed by atoms with Crippen molar-refractivity contribution in [3.63, 3.8) is 0 Å². The Morgan fingerprint density at radius 3 is 1.55 bits per heavy atom. The lowest BCUT2D eigenvalue weighted by atomic mass is 9.69. The summed E-state index contributed by atoms with van der Waals surface area (Å²) in [6.45, 7) is 12.6. The fraction of sp³-hybridized carbons (Fsp3) is 0.875. The summed E-state index contributed by atoms with van der Waals surface area (Å²) >= 11 is 0. The van der Waals surface area contributed by atoms with Crippen molar-refractivity contribution in [1.82, 2.24) is 10.6 Å². The van der Waals surface area contributed by atoms with Gasteiger partial charge in [-0.2, -0.15) is 0 Å². The molecule has 2 saturated carbocycles. The Morgan fingerprint density at radius 1 is 0.643 bits per heavy atom. The van der Waals surface area contributed by atoms with Gasteiger partial charge in [0.2, 0.25) is 0 Å². The predicted molar refractivity (Wildman–Crippen MR) is 159 cm³/mol. The molecule has 0 aromatic rings. The van der Waals surface area contributed by atoms with Crippen molar-refractivity contribution in [1.29, 1.82) is 0 Å². The zero-order chi connectivity index (χ0) is 31.1. The molecule has 0 aromatic carbocycles. The fourth-order valence-electron chi connectivity index (χ4n) is 6.88. The molecule has 0 heterocycles. The Labute approximate surface area is 252 Å². The van der Waals surface area contributed by atoms with Gasteiger partial charge >= 0.3 is 23.9 Å². The summed E-state index contributed by atoms with van der Waals surface area (Å²) in [6, 6.07) is -1.07. The van der Waals surface area contributed by atoms with Crippen LogP contribution in [0, 0.1) is 23.7 Å². The molecule has 2 rings (SSSR count). The zero-order valence-corrected chi connectivity index (χ0v) is 26.8. The molecular formula is C32H56N2O8. The van der Waals surface area contributed by atoms with E-state index in [0.717, 1.165) is 44.9 Å². The zero-order valence-electron chi connectivity index (χ0n) is 26.8. The van der Waals surface area contributed by atoms with Gasteiger partial charge in [0.25, 0.3) is 0 Å². The average molecular weight is 597 g/mol. The molecule has 0 spiro atoms. The third-order valence-electron chi connectivity index (χ3n) is 8.88. The topological polar surface area (TPSA) is 129 Å². The lowest BCUT2D eigenvalue weighted by Gasteiger charge is -2.41. The maximum Gasteiger partial charge on any atom is 0.323 e. The molecule has 42 heavy (non-hydrogen) atoms. The van der Waals surface area contributed by atoms with Crippen molar-refractivity contribution >= 4 is 23.9 Å². The van der Waals surface area contributed by atoms with Crippen molar-refractivity contribution in [2.45, 2.75) is 130 Å². The summed E-state index contributed by atoms with van der Waals surface area (Å²) in [5.41, 5.74) is 0. The Hall–Kier alpha value is -2.20.